The number of aromatic nitrogens is 1. The highest BCUT2D eigenvalue weighted by Gasteiger charge is 2.30. The van der Waals surface area contributed by atoms with Crippen LogP contribution in [0.4, 0.5) is 5.00 Å². The molecular weight excluding hydrogens is 552 g/mol. The number of amides is 1. The molecule has 4 aromatic rings. The van der Waals surface area contributed by atoms with Gasteiger partial charge in [0.25, 0.3) is 11.5 Å². The van der Waals surface area contributed by atoms with Crippen molar-refractivity contribution in [3.63, 3.8) is 0 Å². The highest BCUT2D eigenvalue weighted by Crippen LogP contribution is 2.38. The number of ether oxygens (including phenoxy) is 2. The molecule has 2 aromatic heterocycles. The van der Waals surface area contributed by atoms with Crippen molar-refractivity contribution in [1.82, 2.24) is 4.57 Å². The van der Waals surface area contributed by atoms with Gasteiger partial charge in [0.2, 0.25) is 0 Å². The Morgan fingerprint density at radius 3 is 2.29 bits per heavy atom. The number of thiophene rings is 1. The van der Waals surface area contributed by atoms with Crippen molar-refractivity contribution >= 4 is 45.0 Å². The van der Waals surface area contributed by atoms with Crippen molar-refractivity contribution in [2.45, 2.75) is 58.5 Å². The van der Waals surface area contributed by atoms with Gasteiger partial charge in [0.1, 0.15) is 10.7 Å². The smallest absolute Gasteiger partial charge is 0.356 e. The van der Waals surface area contributed by atoms with Gasteiger partial charge in [0.15, 0.2) is 6.10 Å². The van der Waals surface area contributed by atoms with E-state index in [1.54, 1.807) is 18.2 Å². The summed E-state index contributed by atoms with van der Waals surface area (Å²) in [4.78, 5) is 54.2. The fourth-order valence-corrected chi connectivity index (χ4v) is 6.81. The number of nitrogens with one attached hydrogen (secondary N) is 1. The molecular formula is C33H34N2O6S. The van der Waals surface area contributed by atoms with E-state index in [2.05, 4.69) is 5.32 Å². The fraction of sp³-hybridized carbons (Fsp3) is 0.333. The molecule has 0 radical (unpaired) electrons. The summed E-state index contributed by atoms with van der Waals surface area (Å²) in [5.74, 6) is -1.88. The van der Waals surface area contributed by atoms with E-state index in [-0.39, 0.29) is 11.3 Å². The standard InChI is InChI=1S/C33H34N2O6S/c1-19-15-17-21(18-16-19)26-22-11-9-10-12-23(22)31(37)35(3)28(26)33(39)41-20(2)29(36)34-30-27(32(38)40-4)24-13-7-5-6-8-14-25(24)42-30/h9-12,15-18,20H,5-8,13-14H2,1-4H3,(H,34,36). The summed E-state index contributed by atoms with van der Waals surface area (Å²) >= 11 is 1.38. The molecule has 1 aliphatic carbocycles. The lowest BCUT2D eigenvalue weighted by atomic mass is 9.96. The summed E-state index contributed by atoms with van der Waals surface area (Å²) < 4.78 is 12.0. The number of carbonyl (C=O) groups is 3. The lowest BCUT2D eigenvalue weighted by Gasteiger charge is -2.19. The molecule has 0 saturated carbocycles. The first kappa shape index (κ1) is 29.3. The molecule has 1 N–H and O–H groups in total. The van der Waals surface area contributed by atoms with Gasteiger partial charge in [-0.15, -0.1) is 11.3 Å². The topological polar surface area (TPSA) is 104 Å². The van der Waals surface area contributed by atoms with Gasteiger partial charge in [-0.25, -0.2) is 9.59 Å². The molecule has 1 amide bonds. The van der Waals surface area contributed by atoms with Gasteiger partial charge in [-0.05, 0) is 62.1 Å². The Labute approximate surface area is 248 Å². The van der Waals surface area contributed by atoms with Crippen LogP contribution in [0, 0.1) is 6.92 Å². The zero-order valence-electron chi connectivity index (χ0n) is 24.2. The minimum Gasteiger partial charge on any atom is -0.465 e. The van der Waals surface area contributed by atoms with Crippen LogP contribution >= 0.6 is 11.3 Å². The van der Waals surface area contributed by atoms with Crippen LogP contribution in [0.3, 0.4) is 0 Å². The van der Waals surface area contributed by atoms with Gasteiger partial charge in [-0.1, -0.05) is 60.9 Å². The van der Waals surface area contributed by atoms with Gasteiger partial charge >= 0.3 is 11.9 Å². The third-order valence-corrected chi connectivity index (χ3v) is 9.00. The molecule has 1 aliphatic rings. The van der Waals surface area contributed by atoms with E-state index in [4.69, 9.17) is 9.47 Å². The molecule has 0 spiro atoms. The number of hydrogen-bond donors (Lipinski definition) is 1. The van der Waals surface area contributed by atoms with Crippen LogP contribution in [0.5, 0.6) is 0 Å². The van der Waals surface area contributed by atoms with E-state index >= 15 is 0 Å². The van der Waals surface area contributed by atoms with Crippen molar-refractivity contribution in [3.8, 4) is 11.1 Å². The summed E-state index contributed by atoms with van der Waals surface area (Å²) in [5, 5.41) is 4.32. The molecule has 1 unspecified atom stereocenters. The van der Waals surface area contributed by atoms with E-state index in [0.29, 0.717) is 26.9 Å². The maximum atomic E-state index is 13.7. The summed E-state index contributed by atoms with van der Waals surface area (Å²) in [6.07, 6.45) is 4.57. The Bertz CT molecular complexity index is 1730. The third-order valence-electron chi connectivity index (χ3n) is 7.79. The van der Waals surface area contributed by atoms with Crippen molar-refractivity contribution in [3.05, 3.63) is 86.1 Å². The van der Waals surface area contributed by atoms with Crippen molar-refractivity contribution in [1.29, 1.82) is 0 Å². The molecule has 2 aromatic carbocycles. The second-order valence-corrected chi connectivity index (χ2v) is 11.8. The summed E-state index contributed by atoms with van der Waals surface area (Å²) in [6, 6.07) is 14.8. The van der Waals surface area contributed by atoms with Crippen LogP contribution in [0.2, 0.25) is 0 Å². The minimum atomic E-state index is -1.21. The zero-order chi connectivity index (χ0) is 30.0. The zero-order valence-corrected chi connectivity index (χ0v) is 25.1. The Balaban J connectivity index is 1.48. The van der Waals surface area contributed by atoms with E-state index < -0.39 is 23.9 Å². The first-order chi connectivity index (χ1) is 20.2. The summed E-state index contributed by atoms with van der Waals surface area (Å²) in [6.45, 7) is 3.44. The fourth-order valence-electron chi connectivity index (χ4n) is 5.53. The lowest BCUT2D eigenvalue weighted by molar-refractivity contribution is -0.123. The van der Waals surface area contributed by atoms with E-state index in [1.165, 1.54) is 37.0 Å². The van der Waals surface area contributed by atoms with Gasteiger partial charge in [0.05, 0.1) is 12.7 Å². The van der Waals surface area contributed by atoms with Crippen LogP contribution in [0.15, 0.2) is 53.3 Å². The minimum absolute atomic E-state index is 0.0524. The Kier molecular flexibility index (Phi) is 8.59. The molecule has 8 nitrogen and oxygen atoms in total. The molecule has 42 heavy (non-hydrogen) atoms. The average molecular weight is 587 g/mol. The maximum absolute atomic E-state index is 13.7. The molecule has 218 valence electrons. The second kappa shape index (κ2) is 12.3. The van der Waals surface area contributed by atoms with Crippen LogP contribution < -0.4 is 10.9 Å². The van der Waals surface area contributed by atoms with Crippen molar-refractivity contribution in [2.24, 2.45) is 7.05 Å². The van der Waals surface area contributed by atoms with Gasteiger partial charge in [-0.3, -0.25) is 9.59 Å². The highest BCUT2D eigenvalue weighted by molar-refractivity contribution is 7.17. The molecule has 0 fully saturated rings. The first-order valence-electron chi connectivity index (χ1n) is 14.1. The predicted molar refractivity (Wildman–Crippen MR) is 164 cm³/mol. The second-order valence-electron chi connectivity index (χ2n) is 10.6. The number of esters is 2. The average Bonchev–Trinajstić information content (AvgIpc) is 3.30. The van der Waals surface area contributed by atoms with Gasteiger partial charge in [-0.2, -0.15) is 0 Å². The lowest BCUT2D eigenvalue weighted by Crippen LogP contribution is -2.33. The Morgan fingerprint density at radius 1 is 0.929 bits per heavy atom. The SMILES string of the molecule is COC(=O)c1c(NC(=O)C(C)OC(=O)c2c(-c3ccc(C)cc3)c3ccccc3c(=O)n2C)sc2c1CCCCCC2. The summed E-state index contributed by atoms with van der Waals surface area (Å²) in [7, 11) is 2.85. The maximum Gasteiger partial charge on any atom is 0.356 e. The molecule has 9 heteroatoms. The summed E-state index contributed by atoms with van der Waals surface area (Å²) in [5.41, 5.74) is 3.37. The predicted octanol–water partition coefficient (Wildman–Crippen LogP) is 6.21. The number of methoxy groups -OCH3 is 1. The van der Waals surface area contributed by atoms with Gasteiger partial charge in [0, 0.05) is 22.9 Å². The van der Waals surface area contributed by atoms with Crippen LogP contribution in [0.1, 0.15) is 69.5 Å². The van der Waals surface area contributed by atoms with Crippen LogP contribution in [-0.4, -0.2) is 35.6 Å². The number of nitrogens with zero attached hydrogens (tertiary/aromatic N) is 1. The third kappa shape index (κ3) is 5.61. The molecule has 5 rings (SSSR count). The molecule has 0 aliphatic heterocycles. The molecule has 0 saturated heterocycles. The van der Waals surface area contributed by atoms with E-state index in [0.717, 1.165) is 60.1 Å². The highest BCUT2D eigenvalue weighted by atomic mass is 32.1. The number of hydrogen-bond acceptors (Lipinski definition) is 7. The number of anilines is 1. The van der Waals surface area contributed by atoms with Crippen molar-refractivity contribution in [2.75, 3.05) is 12.4 Å². The van der Waals surface area contributed by atoms with Crippen molar-refractivity contribution < 1.29 is 23.9 Å². The Hall–Kier alpha value is -4.24. The van der Waals surface area contributed by atoms with Crippen LogP contribution in [-0.2, 0) is 34.2 Å². The number of pyridine rings is 1. The molecule has 2 heterocycles. The van der Waals surface area contributed by atoms with E-state index in [9.17, 15) is 19.2 Å². The van der Waals surface area contributed by atoms with Crippen LogP contribution in [0.25, 0.3) is 21.9 Å². The largest absolute Gasteiger partial charge is 0.465 e. The normalized spacial score (nSPS) is 13.9. The Morgan fingerprint density at radius 2 is 1.60 bits per heavy atom. The molecule has 1 atom stereocenters. The molecule has 0 bridgehead atoms. The monoisotopic (exact) mass is 586 g/mol. The number of rotatable bonds is 6. The van der Waals surface area contributed by atoms with E-state index in [1.807, 2.05) is 37.3 Å². The quantitative estimate of drug-likeness (QED) is 0.270. The number of aryl methyl sites for hydroxylation is 2. The number of carbonyl (C=O) groups excluding carboxylic acids is 3. The number of benzene rings is 2. The van der Waals surface area contributed by atoms with Gasteiger partial charge < -0.3 is 19.4 Å². The number of fused-ring (bicyclic) bond motifs is 2. The first-order valence-corrected chi connectivity index (χ1v) is 15.0.